The number of rotatable bonds is 9. The second-order valence-electron chi connectivity index (χ2n) is 7.14. The van der Waals surface area contributed by atoms with Crippen molar-refractivity contribution in [1.82, 2.24) is 10.6 Å². The van der Waals surface area contributed by atoms with E-state index in [1.54, 1.807) is 38.1 Å². The monoisotopic (exact) mass is 451 g/mol. The maximum Gasteiger partial charge on any atom is 0.251 e. The Bertz CT molecular complexity index is 981. The van der Waals surface area contributed by atoms with E-state index in [0.29, 0.717) is 24.0 Å². The molecule has 3 N–H and O–H groups in total. The van der Waals surface area contributed by atoms with Crippen LogP contribution < -0.4 is 20.7 Å². The fourth-order valence-corrected chi connectivity index (χ4v) is 2.72. The summed E-state index contributed by atoms with van der Waals surface area (Å²) in [6.45, 7) is 5.16. The molecule has 0 fully saturated rings. The van der Waals surface area contributed by atoms with Crippen molar-refractivity contribution in [1.29, 1.82) is 0 Å². The molecule has 0 spiro atoms. The Balaban J connectivity index is 1.95. The van der Waals surface area contributed by atoms with Crippen LogP contribution in [0.1, 0.15) is 31.1 Å². The Morgan fingerprint density at radius 3 is 2.22 bits per heavy atom. The molecule has 0 aliphatic heterocycles. The zero-order valence-corrected chi connectivity index (χ0v) is 17.8. The number of nitrogens with one attached hydrogen (secondary N) is 3. The van der Waals surface area contributed by atoms with Crippen LogP contribution in [0.5, 0.6) is 5.75 Å². The van der Waals surface area contributed by atoms with Crippen molar-refractivity contribution in [3.05, 3.63) is 59.4 Å². The van der Waals surface area contributed by atoms with E-state index in [-0.39, 0.29) is 5.92 Å². The van der Waals surface area contributed by atoms with E-state index in [1.807, 2.05) is 12.2 Å². The van der Waals surface area contributed by atoms with Gasteiger partial charge in [0.05, 0.1) is 18.8 Å². The SMILES string of the molecule is CCOc1ccc(C(=O)N[C@H](C(=O)NCC(=O)Nc2ccc(F)c(F)c2F)C(C)C)cc1. The van der Waals surface area contributed by atoms with Gasteiger partial charge in [0.25, 0.3) is 5.91 Å². The molecule has 0 saturated heterocycles. The highest BCUT2D eigenvalue weighted by Crippen LogP contribution is 2.19. The van der Waals surface area contributed by atoms with Gasteiger partial charge in [0.1, 0.15) is 11.8 Å². The minimum absolute atomic E-state index is 0.312. The van der Waals surface area contributed by atoms with E-state index >= 15 is 0 Å². The predicted octanol–water partition coefficient (Wildman–Crippen LogP) is 3.01. The molecule has 0 heterocycles. The summed E-state index contributed by atoms with van der Waals surface area (Å²) in [6, 6.07) is 6.94. The van der Waals surface area contributed by atoms with Crippen LogP contribution in [0.2, 0.25) is 0 Å². The minimum Gasteiger partial charge on any atom is -0.494 e. The van der Waals surface area contributed by atoms with Crippen LogP contribution in [0.4, 0.5) is 18.9 Å². The maximum atomic E-state index is 13.7. The molecular weight excluding hydrogens is 427 g/mol. The van der Waals surface area contributed by atoms with Crippen LogP contribution >= 0.6 is 0 Å². The van der Waals surface area contributed by atoms with Crippen molar-refractivity contribution in [2.24, 2.45) is 5.92 Å². The molecule has 3 amide bonds. The predicted molar refractivity (Wildman–Crippen MR) is 112 cm³/mol. The summed E-state index contributed by atoms with van der Waals surface area (Å²) in [5, 5.41) is 6.99. The Hall–Kier alpha value is -3.56. The van der Waals surface area contributed by atoms with Crippen LogP contribution in [0.25, 0.3) is 0 Å². The van der Waals surface area contributed by atoms with Gasteiger partial charge in [-0.15, -0.1) is 0 Å². The number of halogens is 3. The summed E-state index contributed by atoms with van der Waals surface area (Å²) < 4.78 is 45.2. The normalized spacial score (nSPS) is 11.6. The first-order valence-electron chi connectivity index (χ1n) is 9.88. The van der Waals surface area contributed by atoms with Gasteiger partial charge in [0.2, 0.25) is 11.8 Å². The summed E-state index contributed by atoms with van der Waals surface area (Å²) in [6.07, 6.45) is 0. The third-order valence-corrected chi connectivity index (χ3v) is 4.40. The van der Waals surface area contributed by atoms with Crippen molar-refractivity contribution >= 4 is 23.4 Å². The van der Waals surface area contributed by atoms with E-state index < -0.39 is 53.4 Å². The van der Waals surface area contributed by atoms with Crippen LogP contribution in [0.15, 0.2) is 36.4 Å². The number of amides is 3. The molecule has 7 nitrogen and oxygen atoms in total. The third-order valence-electron chi connectivity index (χ3n) is 4.40. The van der Waals surface area contributed by atoms with Gasteiger partial charge < -0.3 is 20.7 Å². The van der Waals surface area contributed by atoms with Gasteiger partial charge in [-0.25, -0.2) is 13.2 Å². The quantitative estimate of drug-likeness (QED) is 0.511. The number of ether oxygens (including phenoxy) is 1. The van der Waals surface area contributed by atoms with Gasteiger partial charge >= 0.3 is 0 Å². The molecule has 2 aromatic rings. The lowest BCUT2D eigenvalue weighted by Gasteiger charge is -2.21. The first-order valence-corrected chi connectivity index (χ1v) is 9.88. The zero-order chi connectivity index (χ0) is 23.8. The van der Waals surface area contributed by atoms with Crippen molar-refractivity contribution in [2.45, 2.75) is 26.8 Å². The zero-order valence-electron chi connectivity index (χ0n) is 17.8. The molecule has 0 aliphatic carbocycles. The lowest BCUT2D eigenvalue weighted by molar-refractivity contribution is -0.126. The van der Waals surface area contributed by atoms with Gasteiger partial charge in [0, 0.05) is 5.56 Å². The number of hydrogen-bond acceptors (Lipinski definition) is 4. The highest BCUT2D eigenvalue weighted by molar-refractivity contribution is 5.99. The Kier molecular flexibility index (Phi) is 8.62. The highest BCUT2D eigenvalue weighted by atomic mass is 19.2. The number of carbonyl (C=O) groups excluding carboxylic acids is 3. The van der Waals surface area contributed by atoms with E-state index in [9.17, 15) is 27.6 Å². The number of anilines is 1. The topological polar surface area (TPSA) is 96.5 Å². The average molecular weight is 451 g/mol. The molecule has 32 heavy (non-hydrogen) atoms. The summed E-state index contributed by atoms with van der Waals surface area (Å²) >= 11 is 0. The second-order valence-corrected chi connectivity index (χ2v) is 7.14. The smallest absolute Gasteiger partial charge is 0.251 e. The van der Waals surface area contributed by atoms with Crippen LogP contribution in [-0.2, 0) is 9.59 Å². The summed E-state index contributed by atoms with van der Waals surface area (Å²) in [5.74, 6) is -6.36. The van der Waals surface area contributed by atoms with Crippen molar-refractivity contribution in [2.75, 3.05) is 18.5 Å². The van der Waals surface area contributed by atoms with Crippen molar-refractivity contribution in [3.63, 3.8) is 0 Å². The molecule has 1 atom stereocenters. The third kappa shape index (κ3) is 6.47. The second kappa shape index (κ2) is 11.2. The molecule has 2 aromatic carbocycles. The largest absolute Gasteiger partial charge is 0.494 e. The highest BCUT2D eigenvalue weighted by Gasteiger charge is 2.25. The van der Waals surface area contributed by atoms with Crippen molar-refractivity contribution in [3.8, 4) is 5.75 Å². The van der Waals surface area contributed by atoms with E-state index in [4.69, 9.17) is 4.74 Å². The fourth-order valence-electron chi connectivity index (χ4n) is 2.72. The Labute approximate surface area is 183 Å². The first kappa shape index (κ1) is 24.7. The molecule has 0 aliphatic rings. The molecule has 0 bridgehead atoms. The molecule has 0 saturated carbocycles. The summed E-state index contributed by atoms with van der Waals surface area (Å²) in [5.41, 5.74) is -0.245. The lowest BCUT2D eigenvalue weighted by atomic mass is 10.0. The molecule has 0 unspecified atom stereocenters. The molecule has 0 radical (unpaired) electrons. The molecule has 0 aromatic heterocycles. The van der Waals surface area contributed by atoms with Crippen LogP contribution in [0, 0.1) is 23.4 Å². The Morgan fingerprint density at radius 1 is 0.969 bits per heavy atom. The number of hydrogen-bond donors (Lipinski definition) is 3. The minimum atomic E-state index is -1.72. The van der Waals surface area contributed by atoms with E-state index in [2.05, 4.69) is 10.6 Å². The van der Waals surface area contributed by atoms with Crippen LogP contribution in [-0.4, -0.2) is 36.9 Å². The standard InChI is InChI=1S/C22H24F3N3O4/c1-4-32-14-7-5-13(6-8-14)21(30)28-20(12(2)3)22(31)26-11-17(29)27-16-10-9-15(23)18(24)19(16)25/h5-10,12,20H,4,11H2,1-3H3,(H,26,31)(H,27,29)(H,28,30)/t20-/m0/s1. The molecular formula is C22H24F3N3O4. The lowest BCUT2D eigenvalue weighted by Crippen LogP contribution is -2.51. The van der Waals surface area contributed by atoms with Gasteiger partial charge in [-0.1, -0.05) is 13.8 Å². The van der Waals surface area contributed by atoms with Gasteiger partial charge in [-0.05, 0) is 49.2 Å². The fraction of sp³-hybridized carbons (Fsp3) is 0.318. The molecule has 172 valence electrons. The Morgan fingerprint density at radius 2 is 1.62 bits per heavy atom. The van der Waals surface area contributed by atoms with Gasteiger partial charge in [-0.3, -0.25) is 14.4 Å². The molecule has 10 heteroatoms. The van der Waals surface area contributed by atoms with Gasteiger partial charge in [-0.2, -0.15) is 0 Å². The van der Waals surface area contributed by atoms with E-state index in [1.165, 1.54) is 0 Å². The number of carbonyl (C=O) groups is 3. The average Bonchev–Trinajstić information content (AvgIpc) is 2.76. The van der Waals surface area contributed by atoms with Gasteiger partial charge in [0.15, 0.2) is 17.5 Å². The molecule has 2 rings (SSSR count). The first-order chi connectivity index (χ1) is 15.1. The summed E-state index contributed by atoms with van der Waals surface area (Å²) in [7, 11) is 0. The van der Waals surface area contributed by atoms with Crippen molar-refractivity contribution < 1.29 is 32.3 Å². The van der Waals surface area contributed by atoms with E-state index in [0.717, 1.165) is 6.07 Å². The maximum absolute atomic E-state index is 13.7. The summed E-state index contributed by atoms with van der Waals surface area (Å²) in [4.78, 5) is 37.0. The number of benzene rings is 2. The van der Waals surface area contributed by atoms with Crippen LogP contribution in [0.3, 0.4) is 0 Å².